The van der Waals surface area contributed by atoms with Gasteiger partial charge in [-0.1, -0.05) is 39.2 Å². The number of rotatable bonds is 8. The van der Waals surface area contributed by atoms with Crippen LogP contribution in [0.15, 0.2) is 36.4 Å². The van der Waals surface area contributed by atoms with Gasteiger partial charge >= 0.3 is 12.2 Å². The average molecular weight is 872 g/mol. The Morgan fingerprint density at radius 2 is 1.80 bits per heavy atom. The number of halogens is 3. The first-order valence-electron chi connectivity index (χ1n) is 21.0. The summed E-state index contributed by atoms with van der Waals surface area (Å²) in [5, 5.41) is 28.9. The van der Waals surface area contributed by atoms with E-state index >= 15 is 0 Å². The second-order valence-corrected chi connectivity index (χ2v) is 16.5. The molecule has 2 aromatic carbocycles. The number of benzene rings is 2. The number of thiocarbonyl (C=S) groups is 1. The van der Waals surface area contributed by atoms with Crippen LogP contribution in [0.3, 0.4) is 0 Å². The number of urea groups is 1. The highest BCUT2D eigenvalue weighted by Gasteiger charge is 2.52. The summed E-state index contributed by atoms with van der Waals surface area (Å²) < 4.78 is 41.6. The first-order chi connectivity index (χ1) is 29.0. The summed E-state index contributed by atoms with van der Waals surface area (Å²) in [7, 11) is 1.77. The molecule has 7 rings (SSSR count). The van der Waals surface area contributed by atoms with Gasteiger partial charge in [0.1, 0.15) is 5.54 Å². The Morgan fingerprint density at radius 1 is 1.10 bits per heavy atom. The molecule has 0 radical (unpaired) electrons. The summed E-state index contributed by atoms with van der Waals surface area (Å²) in [5.74, 6) is 0.223. The minimum absolute atomic E-state index is 0. The van der Waals surface area contributed by atoms with Gasteiger partial charge in [0.25, 0.3) is 5.91 Å². The van der Waals surface area contributed by atoms with Crippen molar-refractivity contribution < 1.29 is 40.3 Å². The van der Waals surface area contributed by atoms with E-state index in [1.165, 1.54) is 15.9 Å². The number of alkyl halides is 3. The number of para-hydroxylation sites is 1. The van der Waals surface area contributed by atoms with Gasteiger partial charge < -0.3 is 15.3 Å². The number of hydrogen-bond donors (Lipinski definition) is 3. The van der Waals surface area contributed by atoms with Crippen LogP contribution in [-0.4, -0.2) is 97.4 Å². The van der Waals surface area contributed by atoms with Crippen molar-refractivity contribution in [3.05, 3.63) is 47.5 Å². The number of hydrogen-bond acceptors (Lipinski definition) is 9. The molecule has 1 saturated carbocycles. The van der Waals surface area contributed by atoms with E-state index in [1.54, 1.807) is 31.6 Å². The highest BCUT2D eigenvalue weighted by atomic mass is 32.1. The molecule has 3 N–H and O–H groups in total. The van der Waals surface area contributed by atoms with E-state index in [2.05, 4.69) is 27.6 Å². The van der Waals surface area contributed by atoms with Gasteiger partial charge in [-0.2, -0.15) is 23.5 Å². The quantitative estimate of drug-likeness (QED) is 0.192. The van der Waals surface area contributed by atoms with Crippen LogP contribution in [0.1, 0.15) is 106 Å². The zero-order chi connectivity index (χ0) is 44.8. The molecule has 1 unspecified atom stereocenters. The van der Waals surface area contributed by atoms with Gasteiger partial charge in [0.15, 0.2) is 10.9 Å². The number of nitrogens with one attached hydrogen (secondary N) is 2. The average Bonchev–Trinajstić information content (AvgIpc) is 3.65. The van der Waals surface area contributed by atoms with Crippen molar-refractivity contribution in [3.63, 3.8) is 0 Å². The van der Waals surface area contributed by atoms with Crippen molar-refractivity contribution in [3.8, 4) is 6.07 Å². The van der Waals surface area contributed by atoms with Crippen molar-refractivity contribution >= 4 is 69.2 Å². The van der Waals surface area contributed by atoms with Crippen LogP contribution in [0.5, 0.6) is 0 Å². The van der Waals surface area contributed by atoms with E-state index in [1.807, 2.05) is 36.9 Å². The molecule has 1 aromatic heterocycles. The lowest BCUT2D eigenvalue weighted by molar-refractivity contribution is -0.137. The molecule has 334 valence electrons. The fourth-order valence-corrected chi connectivity index (χ4v) is 9.32. The molecule has 3 aromatic rings. The monoisotopic (exact) mass is 871 g/mol. The second kappa shape index (κ2) is 19.7. The summed E-state index contributed by atoms with van der Waals surface area (Å²) >= 11 is 5.53. The summed E-state index contributed by atoms with van der Waals surface area (Å²) in [6, 6.07) is 10.2. The lowest BCUT2D eigenvalue weighted by atomic mass is 9.89. The molecule has 5 amide bonds. The minimum Gasteiger partial charge on any atom is -0.396 e. The largest absolute Gasteiger partial charge is 0.417 e. The number of carbonyl (C=O) groups excluding carboxylic acids is 4. The summed E-state index contributed by atoms with van der Waals surface area (Å²) in [6.45, 7) is 11.2. The van der Waals surface area contributed by atoms with Crippen LogP contribution in [0, 0.1) is 17.2 Å². The number of piperidine rings is 1. The summed E-state index contributed by atoms with van der Waals surface area (Å²) in [5.41, 5.74) is -1.08. The van der Waals surface area contributed by atoms with E-state index in [0.29, 0.717) is 24.0 Å². The highest BCUT2D eigenvalue weighted by molar-refractivity contribution is 7.80. The number of imide groups is 1. The predicted molar refractivity (Wildman–Crippen MR) is 235 cm³/mol. The number of aryl methyl sites for hydroxylation is 1. The summed E-state index contributed by atoms with van der Waals surface area (Å²) in [4.78, 5) is 56.4. The van der Waals surface area contributed by atoms with Crippen molar-refractivity contribution in [2.45, 2.75) is 116 Å². The number of carbonyl (C=O) groups is 4. The maximum absolute atomic E-state index is 13.3. The molecule has 2 atom stereocenters. The Bertz CT molecular complexity index is 2180. The molecule has 4 aliphatic rings. The van der Waals surface area contributed by atoms with Gasteiger partial charge in [0.2, 0.25) is 11.8 Å². The van der Waals surface area contributed by atoms with Crippen molar-refractivity contribution in [1.29, 1.82) is 5.26 Å². The molecule has 0 bridgehead atoms. The van der Waals surface area contributed by atoms with Gasteiger partial charge in [-0.25, -0.2) is 4.79 Å². The molecule has 4 heterocycles. The number of fused-ring (bicyclic) bond motifs is 1. The first-order valence-corrected chi connectivity index (χ1v) is 21.4. The summed E-state index contributed by atoms with van der Waals surface area (Å²) in [6.07, 6.45) is 3.35. The molecule has 14 nitrogen and oxygen atoms in total. The molecule has 0 spiro atoms. The third-order valence-electron chi connectivity index (χ3n) is 11.8. The Balaban J connectivity index is 0.000000317. The minimum atomic E-state index is -4.69. The lowest BCUT2D eigenvalue weighted by Gasteiger charge is -2.39. The number of aliphatic hydroxyl groups excluding tert-OH is 1. The van der Waals surface area contributed by atoms with Crippen LogP contribution in [0.4, 0.5) is 35.2 Å². The van der Waals surface area contributed by atoms with Crippen molar-refractivity contribution in [2.75, 3.05) is 41.4 Å². The SMILES string of the molecule is CC.CC1(C)C(=O)N(c2ccc(C#N)c(C(F)(F)F)c2)C(=S)N1C1CCCCC1.CC1C[C@@H](CCO)CCN1CC(=O)Nc1cccc2c(N3CCC(=O)NC3=O)nn(C)c12.[HH].[HH]. The van der Waals surface area contributed by atoms with Crippen LogP contribution in [0.2, 0.25) is 0 Å². The standard InChI is InChI=1S/C22H30N6O4.C19H20F3N3OS.C2H6.2H2/c1-14-12-15(8-11-29)6-9-27(14)13-19(31)23-17-5-3-4-16-20(17)26(2)25-21(16)28-10-7-18(30)24-22(28)32;1-18(2)16(26)24(17(27)25(18)13-6-4-3-5-7-13)14-9-8-12(11-23)15(10-14)19(20,21)22;1-2;;/h3-5,14-15,29H,6-13H2,1-2H3,(H,23,31)(H,24,30,32);8-10,13H,3-7H2,1-2H3;1-2H3;2*1H/t14?,15-;;;;/m1..../s1. The van der Waals surface area contributed by atoms with Crippen LogP contribution in [-0.2, 0) is 27.6 Å². The van der Waals surface area contributed by atoms with Crippen molar-refractivity contribution in [1.82, 2.24) is 24.9 Å². The van der Waals surface area contributed by atoms with E-state index < -0.39 is 28.9 Å². The fraction of sp³-hybridized carbons (Fsp3) is 0.558. The third kappa shape index (κ3) is 10.2. The van der Waals surface area contributed by atoms with Crippen LogP contribution < -0.4 is 20.4 Å². The normalized spacial score (nSPS) is 21.0. The number of nitriles is 1. The zero-order valence-electron chi connectivity index (χ0n) is 35.6. The Morgan fingerprint density at radius 3 is 2.43 bits per heavy atom. The zero-order valence-corrected chi connectivity index (χ0v) is 36.5. The smallest absolute Gasteiger partial charge is 0.396 e. The van der Waals surface area contributed by atoms with Gasteiger partial charge in [0, 0.05) is 46.9 Å². The Labute approximate surface area is 363 Å². The van der Waals surface area contributed by atoms with E-state index in [9.17, 15) is 37.5 Å². The fourth-order valence-electron chi connectivity index (χ4n) is 8.75. The van der Waals surface area contributed by atoms with Gasteiger partial charge in [0.05, 0.1) is 40.6 Å². The Kier molecular flexibility index (Phi) is 15.2. The number of likely N-dealkylation sites (tertiary alicyclic amines) is 1. The second-order valence-electron chi connectivity index (χ2n) is 16.2. The topological polar surface area (TPSA) is 167 Å². The number of amides is 5. The third-order valence-corrected chi connectivity index (χ3v) is 12.2. The number of nitrogens with zero attached hydrogens (tertiary/aromatic N) is 7. The maximum Gasteiger partial charge on any atom is 0.417 e. The van der Waals surface area contributed by atoms with Crippen molar-refractivity contribution in [2.24, 2.45) is 13.0 Å². The highest BCUT2D eigenvalue weighted by Crippen LogP contribution is 2.40. The lowest BCUT2D eigenvalue weighted by Crippen LogP contribution is -2.50. The molecule has 1 aliphatic carbocycles. The van der Waals surface area contributed by atoms with E-state index in [4.69, 9.17) is 17.5 Å². The molecule has 3 aliphatic heterocycles. The first kappa shape index (κ1) is 46.9. The molecule has 4 fully saturated rings. The molecular weight excluding hydrogens is 812 g/mol. The number of anilines is 3. The molecular formula is C43H60F3N9O5S. The van der Waals surface area contributed by atoms with Gasteiger partial charge in [-0.15, -0.1) is 0 Å². The molecule has 18 heteroatoms. The van der Waals surface area contributed by atoms with E-state index in [-0.39, 0.29) is 63.0 Å². The molecule has 3 saturated heterocycles. The molecule has 61 heavy (non-hydrogen) atoms. The van der Waals surface area contributed by atoms with Gasteiger partial charge in [-0.3, -0.25) is 39.1 Å². The van der Waals surface area contributed by atoms with E-state index in [0.717, 1.165) is 80.9 Å². The van der Waals surface area contributed by atoms with Gasteiger partial charge in [-0.05, 0) is 108 Å². The number of aliphatic hydroxyl groups is 1. The predicted octanol–water partition coefficient (Wildman–Crippen LogP) is 7.58. The van der Waals surface area contributed by atoms with Crippen LogP contribution in [0.25, 0.3) is 10.9 Å². The maximum atomic E-state index is 13.3. The van der Waals surface area contributed by atoms with Crippen LogP contribution >= 0.6 is 12.2 Å². The Hall–Kier alpha value is -5.12. The number of aromatic nitrogens is 2.